The Labute approximate surface area is 143 Å². The molecular formula is C16H19N5O2S. The Morgan fingerprint density at radius 3 is 2.96 bits per heavy atom. The molecule has 1 amide bonds. The minimum absolute atomic E-state index is 0.208. The lowest BCUT2D eigenvalue weighted by Gasteiger charge is -2.07. The molecule has 0 atom stereocenters. The lowest BCUT2D eigenvalue weighted by molar-refractivity contribution is 0.102. The number of aromatic nitrogens is 3. The summed E-state index contributed by atoms with van der Waals surface area (Å²) in [5, 5.41) is 8.01. The fourth-order valence-corrected chi connectivity index (χ4v) is 3.16. The maximum Gasteiger partial charge on any atom is 0.268 e. The van der Waals surface area contributed by atoms with Gasteiger partial charge in [-0.25, -0.2) is 9.67 Å². The Bertz CT molecular complexity index is 855. The summed E-state index contributed by atoms with van der Waals surface area (Å²) in [5.74, 6) is 0.881. The number of rotatable bonds is 6. The molecule has 3 rings (SSSR count). The molecule has 0 bridgehead atoms. The van der Waals surface area contributed by atoms with E-state index in [9.17, 15) is 4.79 Å². The molecule has 2 aromatic heterocycles. The molecule has 24 heavy (non-hydrogen) atoms. The van der Waals surface area contributed by atoms with Crippen molar-refractivity contribution in [1.82, 2.24) is 19.7 Å². The van der Waals surface area contributed by atoms with Gasteiger partial charge in [0.05, 0.1) is 18.5 Å². The van der Waals surface area contributed by atoms with Crippen LogP contribution in [-0.2, 0) is 6.54 Å². The van der Waals surface area contributed by atoms with Gasteiger partial charge >= 0.3 is 0 Å². The van der Waals surface area contributed by atoms with Crippen molar-refractivity contribution in [3.8, 4) is 5.75 Å². The second-order valence-electron chi connectivity index (χ2n) is 5.60. The van der Waals surface area contributed by atoms with Gasteiger partial charge in [-0.05, 0) is 43.7 Å². The lowest BCUT2D eigenvalue weighted by atomic mass is 10.2. The molecule has 0 spiro atoms. The number of nitrogens with one attached hydrogen (secondary N) is 1. The first-order valence-corrected chi connectivity index (χ1v) is 8.30. The average Bonchev–Trinajstić information content (AvgIpc) is 3.18. The van der Waals surface area contributed by atoms with E-state index in [4.69, 9.17) is 4.74 Å². The fraction of sp³-hybridized carbons (Fsp3) is 0.312. The van der Waals surface area contributed by atoms with Crippen LogP contribution in [0.2, 0.25) is 0 Å². The first kappa shape index (κ1) is 16.4. The number of benzene rings is 1. The molecule has 3 aromatic rings. The highest BCUT2D eigenvalue weighted by atomic mass is 32.1. The summed E-state index contributed by atoms with van der Waals surface area (Å²) in [7, 11) is 5.62. The SMILES string of the molecule is COc1ccc2cc(C(=O)Nc3ncn(CCN(C)C)n3)sc2c1. The highest BCUT2D eigenvalue weighted by Crippen LogP contribution is 2.29. The van der Waals surface area contributed by atoms with Crippen molar-refractivity contribution >= 4 is 33.3 Å². The van der Waals surface area contributed by atoms with Crippen LogP contribution in [0, 0.1) is 0 Å². The second kappa shape index (κ2) is 6.98. The van der Waals surface area contributed by atoms with Crippen molar-refractivity contribution in [1.29, 1.82) is 0 Å². The van der Waals surface area contributed by atoms with Gasteiger partial charge in [0.25, 0.3) is 5.91 Å². The zero-order valence-corrected chi connectivity index (χ0v) is 14.6. The number of likely N-dealkylation sites (N-methyl/N-ethyl adjacent to an activating group) is 1. The molecular weight excluding hydrogens is 326 g/mol. The first-order valence-electron chi connectivity index (χ1n) is 7.48. The molecule has 1 N–H and O–H groups in total. The van der Waals surface area contributed by atoms with E-state index in [1.165, 1.54) is 11.3 Å². The predicted octanol–water partition coefficient (Wildman–Crippen LogP) is 2.32. The fourth-order valence-electron chi connectivity index (χ4n) is 2.18. The number of ether oxygens (including phenoxy) is 1. The van der Waals surface area contributed by atoms with Crippen LogP contribution in [0.15, 0.2) is 30.6 Å². The number of hydrogen-bond acceptors (Lipinski definition) is 6. The van der Waals surface area contributed by atoms with Crippen molar-refractivity contribution in [3.63, 3.8) is 0 Å². The van der Waals surface area contributed by atoms with Gasteiger partial charge in [0.2, 0.25) is 5.95 Å². The molecule has 0 radical (unpaired) electrons. The van der Waals surface area contributed by atoms with Crippen LogP contribution in [0.1, 0.15) is 9.67 Å². The number of thiophene rings is 1. The largest absolute Gasteiger partial charge is 0.497 e. The van der Waals surface area contributed by atoms with Crippen molar-refractivity contribution in [3.05, 3.63) is 35.5 Å². The molecule has 126 valence electrons. The third-order valence-electron chi connectivity index (χ3n) is 3.49. The number of anilines is 1. The monoisotopic (exact) mass is 345 g/mol. The third kappa shape index (κ3) is 3.72. The molecule has 0 aliphatic rings. The smallest absolute Gasteiger partial charge is 0.268 e. The van der Waals surface area contributed by atoms with Gasteiger partial charge in [0, 0.05) is 11.2 Å². The molecule has 0 fully saturated rings. The normalized spacial score (nSPS) is 11.2. The Hall–Kier alpha value is -2.45. The molecule has 7 nitrogen and oxygen atoms in total. The molecule has 0 saturated heterocycles. The van der Waals surface area contributed by atoms with Gasteiger partial charge in [-0.2, -0.15) is 0 Å². The van der Waals surface area contributed by atoms with E-state index in [1.54, 1.807) is 18.1 Å². The van der Waals surface area contributed by atoms with Crippen molar-refractivity contribution in [2.75, 3.05) is 33.1 Å². The molecule has 1 aromatic carbocycles. The Morgan fingerprint density at radius 2 is 2.21 bits per heavy atom. The molecule has 8 heteroatoms. The summed E-state index contributed by atoms with van der Waals surface area (Å²) < 4.78 is 7.93. The van der Waals surface area contributed by atoms with E-state index in [0.29, 0.717) is 10.8 Å². The lowest BCUT2D eigenvalue weighted by Crippen LogP contribution is -2.19. The van der Waals surface area contributed by atoms with Crippen LogP contribution >= 0.6 is 11.3 Å². The maximum atomic E-state index is 12.4. The van der Waals surface area contributed by atoms with E-state index >= 15 is 0 Å². The number of fused-ring (bicyclic) bond motifs is 1. The number of nitrogens with zero attached hydrogens (tertiary/aromatic N) is 4. The molecule has 0 saturated carbocycles. The van der Waals surface area contributed by atoms with Crippen molar-refractivity contribution in [2.24, 2.45) is 0 Å². The first-order chi connectivity index (χ1) is 11.5. The highest BCUT2D eigenvalue weighted by molar-refractivity contribution is 7.20. The number of carbonyl (C=O) groups excluding carboxylic acids is 1. The predicted molar refractivity (Wildman–Crippen MR) is 94.9 cm³/mol. The number of methoxy groups -OCH3 is 1. The van der Waals surface area contributed by atoms with Crippen LogP contribution in [0.4, 0.5) is 5.95 Å². The van der Waals surface area contributed by atoms with Crippen molar-refractivity contribution < 1.29 is 9.53 Å². The number of carbonyl (C=O) groups is 1. The maximum absolute atomic E-state index is 12.4. The van der Waals surface area contributed by atoms with Gasteiger partial charge in [0.1, 0.15) is 12.1 Å². The summed E-state index contributed by atoms with van der Waals surface area (Å²) in [6, 6.07) is 7.60. The van der Waals surface area contributed by atoms with Gasteiger partial charge in [0.15, 0.2) is 0 Å². The van der Waals surface area contributed by atoms with E-state index in [0.717, 1.165) is 28.9 Å². The summed E-state index contributed by atoms with van der Waals surface area (Å²) in [5.41, 5.74) is 0. The summed E-state index contributed by atoms with van der Waals surface area (Å²) >= 11 is 1.41. The van der Waals surface area contributed by atoms with Gasteiger partial charge < -0.3 is 9.64 Å². The summed E-state index contributed by atoms with van der Waals surface area (Å²) in [4.78, 5) is 19.2. The second-order valence-corrected chi connectivity index (χ2v) is 6.69. The van der Waals surface area contributed by atoms with Gasteiger partial charge in [-0.15, -0.1) is 16.4 Å². The van der Waals surface area contributed by atoms with Gasteiger partial charge in [-0.1, -0.05) is 0 Å². The van der Waals surface area contributed by atoms with Gasteiger partial charge in [-0.3, -0.25) is 10.1 Å². The molecule has 2 heterocycles. The third-order valence-corrected chi connectivity index (χ3v) is 4.59. The van der Waals surface area contributed by atoms with Crippen LogP contribution in [0.25, 0.3) is 10.1 Å². The Balaban J connectivity index is 1.70. The van der Waals surface area contributed by atoms with E-state index in [2.05, 4.69) is 20.3 Å². The quantitative estimate of drug-likeness (QED) is 0.742. The standard InChI is InChI=1S/C16H19N5O2S/c1-20(2)6-7-21-10-17-16(19-21)18-15(22)14-8-11-4-5-12(23-3)9-13(11)24-14/h4-5,8-10H,6-7H2,1-3H3,(H,18,19,22). The highest BCUT2D eigenvalue weighted by Gasteiger charge is 2.13. The minimum Gasteiger partial charge on any atom is -0.497 e. The molecule has 0 aliphatic carbocycles. The van der Waals surface area contributed by atoms with Crippen LogP contribution in [0.5, 0.6) is 5.75 Å². The molecule has 0 aliphatic heterocycles. The number of hydrogen-bond donors (Lipinski definition) is 1. The van der Waals surface area contributed by atoms with E-state index < -0.39 is 0 Å². The van der Waals surface area contributed by atoms with E-state index in [1.807, 2.05) is 38.4 Å². The summed E-state index contributed by atoms with van der Waals surface area (Å²) in [6.45, 7) is 1.58. The Kier molecular flexibility index (Phi) is 4.77. The van der Waals surface area contributed by atoms with Crippen molar-refractivity contribution in [2.45, 2.75) is 6.54 Å². The topological polar surface area (TPSA) is 72.3 Å². The van der Waals surface area contributed by atoms with Crippen LogP contribution in [-0.4, -0.2) is 53.3 Å². The van der Waals surface area contributed by atoms with Crippen LogP contribution in [0.3, 0.4) is 0 Å². The minimum atomic E-state index is -0.208. The van der Waals surface area contributed by atoms with E-state index in [-0.39, 0.29) is 5.91 Å². The zero-order chi connectivity index (χ0) is 17.1. The average molecular weight is 345 g/mol. The number of amides is 1. The summed E-state index contributed by atoms with van der Waals surface area (Å²) in [6.07, 6.45) is 1.62. The Morgan fingerprint density at radius 1 is 1.38 bits per heavy atom. The molecule has 0 unspecified atom stereocenters. The van der Waals surface area contributed by atoms with Crippen LogP contribution < -0.4 is 10.1 Å². The zero-order valence-electron chi connectivity index (χ0n) is 13.8.